The Bertz CT molecular complexity index is 583. The smallest absolute Gasteiger partial charge is 0.161 e. The number of ether oxygens (including phenoxy) is 1. The number of fused-ring (bicyclic) bond motifs is 1. The van der Waals surface area contributed by atoms with Crippen LogP contribution in [0.3, 0.4) is 0 Å². The molecule has 0 saturated carbocycles. The molecule has 18 heavy (non-hydrogen) atoms. The van der Waals surface area contributed by atoms with Crippen LogP contribution in [0.25, 0.3) is 11.0 Å². The van der Waals surface area contributed by atoms with Crippen LogP contribution in [0.2, 0.25) is 5.02 Å². The molecule has 2 aromatic rings. The third-order valence-electron chi connectivity index (χ3n) is 3.30. The van der Waals surface area contributed by atoms with E-state index in [1.54, 1.807) is 10.9 Å². The highest BCUT2D eigenvalue weighted by Crippen LogP contribution is 2.27. The average Bonchev–Trinajstić information content (AvgIpc) is 2.72. The lowest BCUT2D eigenvalue weighted by Crippen LogP contribution is -2.44. The number of anilines is 1. The van der Waals surface area contributed by atoms with E-state index in [9.17, 15) is 0 Å². The molecule has 3 rings (SSSR count). The summed E-state index contributed by atoms with van der Waals surface area (Å²) in [5.41, 5.74) is 0.816. The van der Waals surface area contributed by atoms with Crippen LogP contribution in [-0.4, -0.2) is 40.6 Å². The van der Waals surface area contributed by atoms with Crippen LogP contribution >= 0.6 is 11.6 Å². The Labute approximate surface area is 110 Å². The van der Waals surface area contributed by atoms with Crippen molar-refractivity contribution in [2.75, 3.05) is 24.7 Å². The number of morpholine rings is 1. The first-order valence-electron chi connectivity index (χ1n) is 5.99. The van der Waals surface area contributed by atoms with Crippen LogP contribution in [-0.2, 0) is 11.8 Å². The van der Waals surface area contributed by atoms with Gasteiger partial charge in [-0.1, -0.05) is 11.6 Å². The predicted molar refractivity (Wildman–Crippen MR) is 71.1 cm³/mol. The SMILES string of the molecule is C[C@@H]1COCCN1c1cc(Cl)c2cnn(C)c2n1. The van der Waals surface area contributed by atoms with Gasteiger partial charge in [-0.25, -0.2) is 4.98 Å². The lowest BCUT2D eigenvalue weighted by atomic mass is 10.2. The Kier molecular flexibility index (Phi) is 2.87. The van der Waals surface area contributed by atoms with Crippen molar-refractivity contribution >= 4 is 28.5 Å². The van der Waals surface area contributed by atoms with Crippen LogP contribution in [0.15, 0.2) is 12.3 Å². The quantitative estimate of drug-likeness (QED) is 0.790. The summed E-state index contributed by atoms with van der Waals surface area (Å²) in [4.78, 5) is 6.88. The van der Waals surface area contributed by atoms with E-state index in [0.29, 0.717) is 11.1 Å². The fourth-order valence-corrected chi connectivity index (χ4v) is 2.51. The van der Waals surface area contributed by atoms with Gasteiger partial charge in [0.2, 0.25) is 0 Å². The van der Waals surface area contributed by atoms with Gasteiger partial charge in [-0.3, -0.25) is 4.68 Å². The number of pyridine rings is 1. The molecule has 0 unspecified atom stereocenters. The zero-order valence-corrected chi connectivity index (χ0v) is 11.2. The van der Waals surface area contributed by atoms with Gasteiger partial charge >= 0.3 is 0 Å². The molecule has 0 spiro atoms. The molecule has 0 aliphatic carbocycles. The summed E-state index contributed by atoms with van der Waals surface area (Å²) in [6.07, 6.45) is 1.75. The molecule has 2 aromatic heterocycles. The fourth-order valence-electron chi connectivity index (χ4n) is 2.28. The minimum absolute atomic E-state index is 0.313. The topological polar surface area (TPSA) is 43.2 Å². The first-order valence-corrected chi connectivity index (χ1v) is 6.37. The Hall–Kier alpha value is -1.33. The highest BCUT2D eigenvalue weighted by molar-refractivity contribution is 6.35. The van der Waals surface area contributed by atoms with E-state index < -0.39 is 0 Å². The molecule has 1 aliphatic rings. The zero-order valence-electron chi connectivity index (χ0n) is 10.4. The molecule has 0 amide bonds. The first-order chi connectivity index (χ1) is 8.66. The largest absolute Gasteiger partial charge is 0.377 e. The van der Waals surface area contributed by atoms with Gasteiger partial charge in [0, 0.05) is 19.7 Å². The lowest BCUT2D eigenvalue weighted by molar-refractivity contribution is 0.0985. The highest BCUT2D eigenvalue weighted by atomic mass is 35.5. The van der Waals surface area contributed by atoms with E-state index in [1.807, 2.05) is 13.1 Å². The van der Waals surface area contributed by atoms with Crippen molar-refractivity contribution in [3.8, 4) is 0 Å². The van der Waals surface area contributed by atoms with Crippen LogP contribution in [0, 0.1) is 0 Å². The zero-order chi connectivity index (χ0) is 12.7. The summed E-state index contributed by atoms with van der Waals surface area (Å²) < 4.78 is 7.19. The monoisotopic (exact) mass is 266 g/mol. The van der Waals surface area contributed by atoms with Crippen molar-refractivity contribution in [1.82, 2.24) is 14.8 Å². The van der Waals surface area contributed by atoms with Crippen molar-refractivity contribution in [2.24, 2.45) is 7.05 Å². The number of aromatic nitrogens is 3. The number of nitrogens with zero attached hydrogens (tertiary/aromatic N) is 4. The maximum atomic E-state index is 6.29. The van der Waals surface area contributed by atoms with E-state index in [1.165, 1.54) is 0 Å². The second-order valence-corrected chi connectivity index (χ2v) is 4.99. The number of aryl methyl sites for hydroxylation is 1. The number of rotatable bonds is 1. The number of hydrogen-bond donors (Lipinski definition) is 0. The Morgan fingerprint density at radius 1 is 1.50 bits per heavy atom. The van der Waals surface area contributed by atoms with E-state index >= 15 is 0 Å². The van der Waals surface area contributed by atoms with E-state index in [0.717, 1.165) is 36.6 Å². The molecule has 1 saturated heterocycles. The summed E-state index contributed by atoms with van der Waals surface area (Å²) >= 11 is 6.29. The molecular weight excluding hydrogens is 252 g/mol. The molecule has 3 heterocycles. The van der Waals surface area contributed by atoms with Crippen molar-refractivity contribution in [3.63, 3.8) is 0 Å². The minimum Gasteiger partial charge on any atom is -0.377 e. The van der Waals surface area contributed by atoms with Crippen LogP contribution in [0.5, 0.6) is 0 Å². The van der Waals surface area contributed by atoms with Gasteiger partial charge in [0.25, 0.3) is 0 Å². The van der Waals surface area contributed by atoms with Gasteiger partial charge in [0.1, 0.15) is 5.82 Å². The molecular formula is C12H15ClN4O. The predicted octanol–water partition coefficient (Wildman–Crippen LogP) is 1.85. The van der Waals surface area contributed by atoms with E-state index in [4.69, 9.17) is 16.3 Å². The first kappa shape index (κ1) is 11.7. The summed E-state index contributed by atoms with van der Waals surface area (Å²) in [5, 5.41) is 5.78. The van der Waals surface area contributed by atoms with Crippen molar-refractivity contribution in [2.45, 2.75) is 13.0 Å². The molecule has 0 radical (unpaired) electrons. The summed E-state index contributed by atoms with van der Waals surface area (Å²) in [6.45, 7) is 4.42. The van der Waals surface area contributed by atoms with Crippen molar-refractivity contribution < 1.29 is 4.74 Å². The molecule has 6 heteroatoms. The molecule has 1 aliphatic heterocycles. The second kappa shape index (κ2) is 4.40. The molecule has 0 bridgehead atoms. The third kappa shape index (κ3) is 1.83. The molecule has 96 valence electrons. The van der Waals surface area contributed by atoms with Crippen molar-refractivity contribution in [1.29, 1.82) is 0 Å². The van der Waals surface area contributed by atoms with Gasteiger partial charge in [-0.05, 0) is 6.92 Å². The lowest BCUT2D eigenvalue weighted by Gasteiger charge is -2.34. The summed E-state index contributed by atoms with van der Waals surface area (Å²) in [5.74, 6) is 0.895. The van der Waals surface area contributed by atoms with E-state index in [2.05, 4.69) is 21.9 Å². The van der Waals surface area contributed by atoms with Gasteiger partial charge in [-0.2, -0.15) is 5.10 Å². The molecule has 0 aromatic carbocycles. The van der Waals surface area contributed by atoms with Gasteiger partial charge < -0.3 is 9.64 Å². The Balaban J connectivity index is 2.08. The summed E-state index contributed by atoms with van der Waals surface area (Å²) in [6, 6.07) is 2.22. The third-order valence-corrected chi connectivity index (χ3v) is 3.62. The molecule has 0 N–H and O–H groups in total. The van der Waals surface area contributed by atoms with Crippen LogP contribution in [0.1, 0.15) is 6.92 Å². The number of hydrogen-bond acceptors (Lipinski definition) is 4. The standard InChI is InChI=1S/C12H15ClN4O/c1-8-7-18-4-3-17(8)11-5-10(13)9-6-14-16(2)12(9)15-11/h5-6,8H,3-4,7H2,1-2H3/t8-/m1/s1. The average molecular weight is 267 g/mol. The highest BCUT2D eigenvalue weighted by Gasteiger charge is 2.21. The van der Waals surface area contributed by atoms with E-state index in [-0.39, 0.29) is 0 Å². The maximum Gasteiger partial charge on any atom is 0.161 e. The second-order valence-electron chi connectivity index (χ2n) is 4.59. The molecule has 1 fully saturated rings. The Morgan fingerprint density at radius 2 is 2.33 bits per heavy atom. The number of halogens is 1. The molecule has 1 atom stereocenters. The van der Waals surface area contributed by atoms with Crippen LogP contribution in [0.4, 0.5) is 5.82 Å². The normalized spacial score (nSPS) is 20.6. The van der Waals surface area contributed by atoms with Gasteiger partial charge in [-0.15, -0.1) is 0 Å². The van der Waals surface area contributed by atoms with Gasteiger partial charge in [0.05, 0.1) is 35.9 Å². The van der Waals surface area contributed by atoms with Crippen molar-refractivity contribution in [3.05, 3.63) is 17.3 Å². The molecule has 5 nitrogen and oxygen atoms in total. The van der Waals surface area contributed by atoms with Gasteiger partial charge in [0.15, 0.2) is 5.65 Å². The summed E-state index contributed by atoms with van der Waals surface area (Å²) in [7, 11) is 1.87. The maximum absolute atomic E-state index is 6.29. The Morgan fingerprint density at radius 3 is 3.11 bits per heavy atom. The fraction of sp³-hybridized carbons (Fsp3) is 0.500. The van der Waals surface area contributed by atoms with Crippen LogP contribution < -0.4 is 4.90 Å². The minimum atomic E-state index is 0.313.